The highest BCUT2D eigenvalue weighted by Gasteiger charge is 2.28. The SMILES string of the molecule is NS(=O)(=O)c1cc2c(cc1Cl)NC(CCCC(=O)O)=NS2(=O)=O. The van der Waals surface area contributed by atoms with Gasteiger partial charge in [-0.25, -0.2) is 13.6 Å². The number of amidine groups is 1. The van der Waals surface area contributed by atoms with Crippen LogP contribution < -0.4 is 10.5 Å². The van der Waals surface area contributed by atoms with E-state index in [1.165, 1.54) is 0 Å². The van der Waals surface area contributed by atoms with Crippen molar-refractivity contribution in [3.63, 3.8) is 0 Å². The Labute approximate surface area is 137 Å². The van der Waals surface area contributed by atoms with Gasteiger partial charge in [-0.15, -0.1) is 4.40 Å². The van der Waals surface area contributed by atoms with E-state index in [9.17, 15) is 21.6 Å². The van der Waals surface area contributed by atoms with Crippen molar-refractivity contribution in [2.75, 3.05) is 5.32 Å². The number of aliphatic carboxylic acids is 1. The highest BCUT2D eigenvalue weighted by Crippen LogP contribution is 2.34. The molecule has 126 valence electrons. The zero-order valence-electron chi connectivity index (χ0n) is 11.5. The van der Waals surface area contributed by atoms with Gasteiger partial charge in [0.2, 0.25) is 10.0 Å². The predicted octanol–water partition coefficient (Wildman–Crippen LogP) is 0.755. The molecule has 1 aliphatic rings. The monoisotopic (exact) mass is 381 g/mol. The molecule has 1 heterocycles. The van der Waals surface area contributed by atoms with Crippen LogP contribution in [-0.2, 0) is 24.8 Å². The van der Waals surface area contributed by atoms with E-state index in [2.05, 4.69) is 9.71 Å². The summed E-state index contributed by atoms with van der Waals surface area (Å²) in [5.74, 6) is -0.955. The van der Waals surface area contributed by atoms with Crippen LogP contribution in [-0.4, -0.2) is 33.7 Å². The average molecular weight is 382 g/mol. The smallest absolute Gasteiger partial charge is 0.303 e. The molecule has 2 rings (SSSR count). The predicted molar refractivity (Wildman–Crippen MR) is 82.6 cm³/mol. The second-order valence-electron chi connectivity index (χ2n) is 4.71. The summed E-state index contributed by atoms with van der Waals surface area (Å²) >= 11 is 5.82. The minimum Gasteiger partial charge on any atom is -0.481 e. The Morgan fingerprint density at radius 1 is 1.39 bits per heavy atom. The van der Waals surface area contributed by atoms with Crippen LogP contribution in [0.4, 0.5) is 5.69 Å². The van der Waals surface area contributed by atoms with Gasteiger partial charge >= 0.3 is 5.97 Å². The number of benzene rings is 1. The Balaban J connectivity index is 2.41. The number of primary sulfonamides is 1. The van der Waals surface area contributed by atoms with Gasteiger partial charge in [0.25, 0.3) is 10.0 Å². The summed E-state index contributed by atoms with van der Waals surface area (Å²) in [4.78, 5) is 9.59. The Hall–Kier alpha value is -1.69. The van der Waals surface area contributed by atoms with Crippen molar-refractivity contribution >= 4 is 49.1 Å². The molecule has 0 amide bonds. The zero-order chi connectivity index (χ0) is 17.4. The molecular weight excluding hydrogens is 370 g/mol. The lowest BCUT2D eigenvalue weighted by Gasteiger charge is -2.19. The molecule has 0 bridgehead atoms. The second kappa shape index (κ2) is 6.07. The molecule has 9 nitrogen and oxygen atoms in total. The van der Waals surface area contributed by atoms with Gasteiger partial charge in [0.1, 0.15) is 15.6 Å². The minimum atomic E-state index is -4.19. The largest absolute Gasteiger partial charge is 0.481 e. The second-order valence-corrected chi connectivity index (χ2v) is 8.22. The fourth-order valence-electron chi connectivity index (χ4n) is 1.95. The Bertz CT molecular complexity index is 908. The van der Waals surface area contributed by atoms with Crippen molar-refractivity contribution < 1.29 is 26.7 Å². The highest BCUT2D eigenvalue weighted by molar-refractivity contribution is 7.91. The molecule has 0 spiro atoms. The van der Waals surface area contributed by atoms with E-state index in [1.807, 2.05) is 0 Å². The molecule has 0 fully saturated rings. The number of carboxylic acids is 1. The molecule has 0 atom stereocenters. The first-order chi connectivity index (χ1) is 10.5. The van der Waals surface area contributed by atoms with Gasteiger partial charge in [-0.05, 0) is 18.6 Å². The van der Waals surface area contributed by atoms with E-state index in [1.54, 1.807) is 0 Å². The number of nitrogens with two attached hydrogens (primary N) is 1. The first-order valence-electron chi connectivity index (χ1n) is 6.20. The van der Waals surface area contributed by atoms with E-state index in [-0.39, 0.29) is 40.7 Å². The van der Waals surface area contributed by atoms with Gasteiger partial charge in [0, 0.05) is 12.8 Å². The summed E-state index contributed by atoms with van der Waals surface area (Å²) in [6, 6.07) is 1.97. The fourth-order valence-corrected chi connectivity index (χ4v) is 4.31. The van der Waals surface area contributed by atoms with Crippen LogP contribution in [0.2, 0.25) is 5.02 Å². The summed E-state index contributed by atoms with van der Waals surface area (Å²) < 4.78 is 50.6. The van der Waals surface area contributed by atoms with Crippen LogP contribution in [0.15, 0.2) is 26.3 Å². The van der Waals surface area contributed by atoms with Gasteiger partial charge < -0.3 is 10.4 Å². The summed E-state index contributed by atoms with van der Waals surface area (Å²) in [5.41, 5.74) is 0.0581. The number of rotatable bonds is 5. The lowest BCUT2D eigenvalue weighted by atomic mass is 10.2. The first kappa shape index (κ1) is 17.7. The van der Waals surface area contributed by atoms with E-state index in [4.69, 9.17) is 21.8 Å². The van der Waals surface area contributed by atoms with Gasteiger partial charge in [0.15, 0.2) is 0 Å². The molecular formula is C11H12ClN3O6S2. The van der Waals surface area contributed by atoms with Crippen molar-refractivity contribution in [2.24, 2.45) is 9.54 Å². The third kappa shape index (κ3) is 3.99. The van der Waals surface area contributed by atoms with E-state index in [0.29, 0.717) is 0 Å². The number of anilines is 1. The van der Waals surface area contributed by atoms with E-state index < -0.39 is 30.9 Å². The number of sulfonamides is 2. The summed E-state index contributed by atoms with van der Waals surface area (Å²) in [7, 11) is -8.33. The van der Waals surface area contributed by atoms with Crippen molar-refractivity contribution in [2.45, 2.75) is 29.1 Å². The normalized spacial score (nSPS) is 16.2. The molecule has 0 radical (unpaired) electrons. The zero-order valence-corrected chi connectivity index (χ0v) is 13.9. The first-order valence-corrected chi connectivity index (χ1v) is 9.56. The topological polar surface area (TPSA) is 156 Å². The molecule has 0 saturated carbocycles. The molecule has 4 N–H and O–H groups in total. The molecule has 1 aliphatic heterocycles. The number of carboxylic acid groups (broad SMARTS) is 1. The number of hydrogen-bond donors (Lipinski definition) is 3. The van der Waals surface area contributed by atoms with Crippen molar-refractivity contribution in [3.8, 4) is 0 Å². The van der Waals surface area contributed by atoms with Crippen molar-refractivity contribution in [1.29, 1.82) is 0 Å². The maximum absolute atomic E-state index is 12.1. The average Bonchev–Trinajstić information content (AvgIpc) is 2.34. The number of halogens is 1. The number of hydrogen-bond acceptors (Lipinski definition) is 6. The van der Waals surface area contributed by atoms with Crippen molar-refractivity contribution in [3.05, 3.63) is 17.2 Å². The number of carbonyl (C=O) groups is 1. The third-order valence-electron chi connectivity index (χ3n) is 2.93. The quantitative estimate of drug-likeness (QED) is 0.679. The molecule has 0 aliphatic carbocycles. The Morgan fingerprint density at radius 3 is 2.61 bits per heavy atom. The van der Waals surface area contributed by atoms with Crippen LogP contribution in [0.3, 0.4) is 0 Å². The van der Waals surface area contributed by atoms with E-state index in [0.717, 1.165) is 12.1 Å². The molecule has 1 aromatic carbocycles. The number of fused-ring (bicyclic) bond motifs is 1. The van der Waals surface area contributed by atoms with Gasteiger partial charge in [-0.2, -0.15) is 8.42 Å². The lowest BCUT2D eigenvalue weighted by molar-refractivity contribution is -0.137. The maximum atomic E-state index is 12.1. The number of nitrogens with zero attached hydrogens (tertiary/aromatic N) is 1. The van der Waals surface area contributed by atoms with Crippen LogP contribution in [0, 0.1) is 0 Å². The van der Waals surface area contributed by atoms with Crippen LogP contribution in [0.1, 0.15) is 19.3 Å². The molecule has 0 saturated heterocycles. The van der Waals surface area contributed by atoms with Crippen molar-refractivity contribution in [1.82, 2.24) is 0 Å². The van der Waals surface area contributed by atoms with Crippen LogP contribution >= 0.6 is 11.6 Å². The Kier molecular flexibility index (Phi) is 4.66. The lowest BCUT2D eigenvalue weighted by Crippen LogP contribution is -2.23. The molecule has 0 unspecified atom stereocenters. The molecule has 0 aromatic heterocycles. The number of nitrogens with one attached hydrogen (secondary N) is 1. The summed E-state index contributed by atoms with van der Waals surface area (Å²) in [6.07, 6.45) is 0.146. The fraction of sp³-hybridized carbons (Fsp3) is 0.273. The summed E-state index contributed by atoms with van der Waals surface area (Å²) in [6.45, 7) is 0. The molecule has 23 heavy (non-hydrogen) atoms. The van der Waals surface area contributed by atoms with Gasteiger partial charge in [-0.3, -0.25) is 4.79 Å². The standard InChI is InChI=1S/C11H12ClN3O6S2/c12-6-4-7-9(5-8(6)22(13,18)19)23(20,21)15-10(14-7)2-1-3-11(16)17/h4-5H,1-3H2,(H,14,15)(H,16,17)(H2,13,18,19). The maximum Gasteiger partial charge on any atom is 0.303 e. The highest BCUT2D eigenvalue weighted by atomic mass is 35.5. The van der Waals surface area contributed by atoms with E-state index >= 15 is 0 Å². The van der Waals surface area contributed by atoms with Crippen LogP contribution in [0.25, 0.3) is 0 Å². The molecule has 1 aromatic rings. The van der Waals surface area contributed by atoms with Gasteiger partial charge in [0.05, 0.1) is 10.7 Å². The van der Waals surface area contributed by atoms with Crippen LogP contribution in [0.5, 0.6) is 0 Å². The van der Waals surface area contributed by atoms with Gasteiger partial charge in [-0.1, -0.05) is 11.6 Å². The third-order valence-corrected chi connectivity index (χ3v) is 5.66. The minimum absolute atomic E-state index is 0.0539. The Morgan fingerprint density at radius 2 is 2.04 bits per heavy atom. The summed E-state index contributed by atoms with van der Waals surface area (Å²) in [5, 5.41) is 16.0. The molecule has 12 heteroatoms.